The van der Waals surface area contributed by atoms with E-state index in [1.165, 1.54) is 30.4 Å². The second-order valence-electron chi connectivity index (χ2n) is 3.43. The Kier molecular flexibility index (Phi) is 3.42. The average molecular weight is 249 g/mol. The van der Waals surface area contributed by atoms with Crippen molar-refractivity contribution in [1.29, 1.82) is 0 Å². The van der Waals surface area contributed by atoms with Gasteiger partial charge in [0, 0.05) is 6.20 Å². The molecule has 0 aliphatic heterocycles. The summed E-state index contributed by atoms with van der Waals surface area (Å²) in [6.07, 6.45) is 4.37. The number of furan rings is 1. The highest BCUT2D eigenvalue weighted by atomic mass is 16.5. The van der Waals surface area contributed by atoms with Crippen LogP contribution in [0.25, 0.3) is 0 Å². The number of amides is 1. The lowest BCUT2D eigenvalue weighted by Gasteiger charge is -1.99. The number of carbonyl (C=O) groups excluding carboxylic acids is 2. The average Bonchev–Trinajstić information content (AvgIpc) is 3.00. The van der Waals surface area contributed by atoms with E-state index in [-0.39, 0.29) is 18.2 Å². The largest absolute Gasteiger partial charge is 0.468 e. The fourth-order valence-electron chi connectivity index (χ4n) is 1.31. The van der Waals surface area contributed by atoms with Gasteiger partial charge in [0.2, 0.25) is 0 Å². The van der Waals surface area contributed by atoms with E-state index in [0.717, 1.165) is 0 Å². The zero-order valence-corrected chi connectivity index (χ0v) is 9.62. The summed E-state index contributed by atoms with van der Waals surface area (Å²) in [4.78, 5) is 22.6. The first-order valence-corrected chi connectivity index (χ1v) is 5.13. The molecule has 1 N–H and O–H groups in total. The van der Waals surface area contributed by atoms with Crippen LogP contribution in [-0.4, -0.2) is 28.8 Å². The van der Waals surface area contributed by atoms with E-state index in [1.54, 1.807) is 12.1 Å². The molecule has 0 bridgehead atoms. The molecule has 0 saturated heterocycles. The Morgan fingerprint density at radius 2 is 2.39 bits per heavy atom. The zero-order chi connectivity index (χ0) is 13.0. The van der Waals surface area contributed by atoms with Gasteiger partial charge in [0.15, 0.2) is 5.76 Å². The van der Waals surface area contributed by atoms with Crippen molar-refractivity contribution < 1.29 is 18.7 Å². The smallest absolute Gasteiger partial charge is 0.327 e. The van der Waals surface area contributed by atoms with Crippen LogP contribution in [0.3, 0.4) is 0 Å². The Hall–Kier alpha value is -2.57. The lowest BCUT2D eigenvalue weighted by Crippen LogP contribution is -2.12. The van der Waals surface area contributed by atoms with Crippen molar-refractivity contribution >= 4 is 17.6 Å². The first-order valence-electron chi connectivity index (χ1n) is 5.13. The van der Waals surface area contributed by atoms with E-state index in [1.807, 2.05) is 0 Å². The first-order chi connectivity index (χ1) is 8.69. The Balaban J connectivity index is 1.98. The van der Waals surface area contributed by atoms with Crippen LogP contribution < -0.4 is 5.32 Å². The van der Waals surface area contributed by atoms with Gasteiger partial charge >= 0.3 is 5.97 Å². The van der Waals surface area contributed by atoms with E-state index in [9.17, 15) is 9.59 Å². The van der Waals surface area contributed by atoms with Crippen molar-refractivity contribution in [2.75, 3.05) is 12.4 Å². The summed E-state index contributed by atoms with van der Waals surface area (Å²) in [6.45, 7) is -0.00682. The molecular weight excluding hydrogens is 238 g/mol. The lowest BCUT2D eigenvalue weighted by atomic mass is 10.4. The summed E-state index contributed by atoms with van der Waals surface area (Å²) >= 11 is 0. The summed E-state index contributed by atoms with van der Waals surface area (Å²) < 4.78 is 10.8. The summed E-state index contributed by atoms with van der Waals surface area (Å²) in [5, 5.41) is 6.50. The highest BCUT2D eigenvalue weighted by molar-refractivity contribution is 6.02. The van der Waals surface area contributed by atoms with Crippen molar-refractivity contribution in [3.63, 3.8) is 0 Å². The Morgan fingerprint density at radius 1 is 1.56 bits per heavy atom. The number of ether oxygens (including phenoxy) is 1. The molecular formula is C11H11N3O4. The number of methoxy groups -OCH3 is 1. The second-order valence-corrected chi connectivity index (χ2v) is 3.43. The monoisotopic (exact) mass is 249 g/mol. The molecule has 0 spiro atoms. The highest BCUT2D eigenvalue weighted by Gasteiger charge is 2.10. The van der Waals surface area contributed by atoms with Crippen molar-refractivity contribution in [3.8, 4) is 0 Å². The standard InChI is InChI=1S/C11H11N3O4/c1-17-10(15)7-14-6-8(5-12-14)13-11(16)9-3-2-4-18-9/h2-6H,7H2,1H3,(H,13,16). The molecule has 2 aromatic heterocycles. The van der Waals surface area contributed by atoms with Crippen molar-refractivity contribution in [3.05, 3.63) is 36.5 Å². The normalized spacial score (nSPS) is 10.1. The number of hydrogen-bond donors (Lipinski definition) is 1. The molecule has 2 heterocycles. The minimum Gasteiger partial charge on any atom is -0.468 e. The van der Waals surface area contributed by atoms with Crippen LogP contribution in [0.15, 0.2) is 35.2 Å². The molecule has 94 valence electrons. The van der Waals surface area contributed by atoms with E-state index in [0.29, 0.717) is 5.69 Å². The molecule has 1 amide bonds. The van der Waals surface area contributed by atoms with Gasteiger partial charge in [-0.2, -0.15) is 5.10 Å². The number of rotatable bonds is 4. The minimum atomic E-state index is -0.415. The molecule has 7 nitrogen and oxygen atoms in total. The number of esters is 1. The van der Waals surface area contributed by atoms with E-state index in [4.69, 9.17) is 4.42 Å². The molecule has 2 rings (SSSR count). The number of hydrogen-bond acceptors (Lipinski definition) is 5. The summed E-state index contributed by atoms with van der Waals surface area (Å²) in [7, 11) is 1.30. The maximum Gasteiger partial charge on any atom is 0.327 e. The summed E-state index contributed by atoms with van der Waals surface area (Å²) in [6, 6.07) is 3.17. The first kappa shape index (κ1) is 11.9. The third kappa shape index (κ3) is 2.76. The maximum atomic E-state index is 11.6. The predicted molar refractivity (Wildman–Crippen MR) is 60.9 cm³/mol. The van der Waals surface area contributed by atoms with Crippen molar-refractivity contribution in [2.45, 2.75) is 6.54 Å². The Morgan fingerprint density at radius 3 is 3.06 bits per heavy atom. The van der Waals surface area contributed by atoms with Crippen molar-refractivity contribution in [1.82, 2.24) is 9.78 Å². The molecule has 0 aliphatic rings. The molecule has 0 aliphatic carbocycles. The molecule has 0 unspecified atom stereocenters. The van der Waals surface area contributed by atoms with E-state index in [2.05, 4.69) is 15.2 Å². The molecule has 18 heavy (non-hydrogen) atoms. The third-order valence-electron chi connectivity index (χ3n) is 2.15. The maximum absolute atomic E-state index is 11.6. The van der Waals surface area contributed by atoms with Crippen LogP contribution in [0.1, 0.15) is 10.6 Å². The fraction of sp³-hybridized carbons (Fsp3) is 0.182. The molecule has 7 heteroatoms. The van der Waals surface area contributed by atoms with Crippen LogP contribution in [0.4, 0.5) is 5.69 Å². The minimum absolute atomic E-state index is 0.00682. The van der Waals surface area contributed by atoms with Gasteiger partial charge in [-0.25, -0.2) is 0 Å². The summed E-state index contributed by atoms with van der Waals surface area (Å²) in [5.41, 5.74) is 0.473. The summed E-state index contributed by atoms with van der Waals surface area (Å²) in [5.74, 6) is -0.588. The van der Waals surface area contributed by atoms with Crippen LogP contribution in [-0.2, 0) is 16.1 Å². The van der Waals surface area contributed by atoms with Gasteiger partial charge in [-0.05, 0) is 12.1 Å². The third-order valence-corrected chi connectivity index (χ3v) is 2.15. The Bertz CT molecular complexity index is 544. The molecule has 2 aromatic rings. The zero-order valence-electron chi connectivity index (χ0n) is 9.62. The van der Waals surface area contributed by atoms with Crippen LogP contribution >= 0.6 is 0 Å². The van der Waals surface area contributed by atoms with Crippen LogP contribution in [0.5, 0.6) is 0 Å². The number of carbonyl (C=O) groups is 2. The fourth-order valence-corrected chi connectivity index (χ4v) is 1.31. The number of aromatic nitrogens is 2. The Labute approximate surface area is 102 Å². The van der Waals surface area contributed by atoms with Gasteiger partial charge in [-0.1, -0.05) is 0 Å². The quantitative estimate of drug-likeness (QED) is 0.813. The highest BCUT2D eigenvalue weighted by Crippen LogP contribution is 2.08. The molecule has 0 fully saturated rings. The van der Waals surface area contributed by atoms with E-state index < -0.39 is 5.97 Å². The van der Waals surface area contributed by atoms with Gasteiger partial charge in [-0.15, -0.1) is 0 Å². The van der Waals surface area contributed by atoms with Crippen molar-refractivity contribution in [2.24, 2.45) is 0 Å². The number of nitrogens with one attached hydrogen (secondary N) is 1. The van der Waals surface area contributed by atoms with Gasteiger partial charge in [0.05, 0.1) is 25.3 Å². The van der Waals surface area contributed by atoms with Crippen LogP contribution in [0, 0.1) is 0 Å². The number of nitrogens with zero attached hydrogens (tertiary/aromatic N) is 2. The van der Waals surface area contributed by atoms with Crippen LogP contribution in [0.2, 0.25) is 0 Å². The molecule has 0 aromatic carbocycles. The molecule has 0 saturated carbocycles. The van der Waals surface area contributed by atoms with E-state index >= 15 is 0 Å². The molecule has 0 atom stereocenters. The van der Waals surface area contributed by atoms with Gasteiger partial charge in [-0.3, -0.25) is 14.3 Å². The lowest BCUT2D eigenvalue weighted by molar-refractivity contribution is -0.141. The van der Waals surface area contributed by atoms with Gasteiger partial charge in [0.1, 0.15) is 6.54 Å². The molecule has 0 radical (unpaired) electrons. The van der Waals surface area contributed by atoms with Gasteiger partial charge < -0.3 is 14.5 Å². The number of anilines is 1. The topological polar surface area (TPSA) is 86.4 Å². The SMILES string of the molecule is COC(=O)Cn1cc(NC(=O)c2ccco2)cn1. The predicted octanol–water partition coefficient (Wildman–Crippen LogP) is 0.901. The second kappa shape index (κ2) is 5.17. The van der Waals surface area contributed by atoms with Gasteiger partial charge in [0.25, 0.3) is 5.91 Å².